The van der Waals surface area contributed by atoms with Crippen LogP contribution in [0.2, 0.25) is 0 Å². The molecule has 2 atom stereocenters. The van der Waals surface area contributed by atoms with Crippen molar-refractivity contribution in [1.82, 2.24) is 4.90 Å². The van der Waals surface area contributed by atoms with Crippen molar-refractivity contribution >= 4 is 17.4 Å². The molecule has 1 N–H and O–H groups in total. The van der Waals surface area contributed by atoms with E-state index in [-0.39, 0.29) is 29.4 Å². The Morgan fingerprint density at radius 1 is 1.00 bits per heavy atom. The molecule has 5 heteroatoms. The first kappa shape index (κ1) is 23.9. The molecule has 0 bridgehead atoms. The van der Waals surface area contributed by atoms with Crippen LogP contribution in [-0.2, 0) is 28.0 Å². The van der Waals surface area contributed by atoms with Gasteiger partial charge in [-0.15, -0.1) is 0 Å². The van der Waals surface area contributed by atoms with Crippen LogP contribution in [0.1, 0.15) is 61.6 Å². The van der Waals surface area contributed by atoms with Gasteiger partial charge in [-0.25, -0.2) is 0 Å². The zero-order chi connectivity index (χ0) is 25.6. The number of aliphatic hydroxyl groups is 1. The molecule has 3 aromatic rings. The Labute approximate surface area is 212 Å². The lowest BCUT2D eigenvalue weighted by Crippen LogP contribution is -2.29. The van der Waals surface area contributed by atoms with E-state index in [4.69, 9.17) is 4.74 Å². The van der Waals surface area contributed by atoms with Gasteiger partial charge in [-0.05, 0) is 52.8 Å². The van der Waals surface area contributed by atoms with Gasteiger partial charge >= 0.3 is 0 Å². The van der Waals surface area contributed by atoms with E-state index < -0.39 is 17.7 Å². The Kier molecular flexibility index (Phi) is 5.95. The van der Waals surface area contributed by atoms with Gasteiger partial charge in [0.1, 0.15) is 17.6 Å². The average molecular weight is 482 g/mol. The largest absolute Gasteiger partial charge is 0.507 e. The molecule has 0 saturated carbocycles. The maximum Gasteiger partial charge on any atom is 0.295 e. The summed E-state index contributed by atoms with van der Waals surface area (Å²) in [7, 11) is 0. The first-order valence-electron chi connectivity index (χ1n) is 12.4. The van der Waals surface area contributed by atoms with Crippen molar-refractivity contribution in [3.8, 4) is 5.75 Å². The predicted octanol–water partition coefficient (Wildman–Crippen LogP) is 5.93. The first-order valence-corrected chi connectivity index (χ1v) is 12.4. The minimum Gasteiger partial charge on any atom is -0.507 e. The van der Waals surface area contributed by atoms with Gasteiger partial charge in [0.25, 0.3) is 11.7 Å². The van der Waals surface area contributed by atoms with Gasteiger partial charge in [0.05, 0.1) is 11.6 Å². The lowest BCUT2D eigenvalue weighted by Gasteiger charge is -2.26. The number of aliphatic hydroxyl groups excluding tert-OH is 1. The molecule has 0 spiro atoms. The number of hydrogen-bond acceptors (Lipinski definition) is 4. The number of fused-ring (bicyclic) bond motifs is 1. The topological polar surface area (TPSA) is 66.8 Å². The van der Waals surface area contributed by atoms with E-state index in [1.165, 1.54) is 0 Å². The number of hydrogen-bond donors (Lipinski definition) is 1. The van der Waals surface area contributed by atoms with Crippen LogP contribution >= 0.6 is 0 Å². The standard InChI is InChI=1S/C31H31NO4/c1-19-16-23-17-22(12-15-25(23)36-19)28(33)26-27(21-10-13-24(14-11-21)31(2,3)4)32(30(35)29(26)34)18-20-8-6-5-7-9-20/h5-15,17,19,27,33H,16,18H2,1-4H3/t19-,27-/m1/s1. The molecule has 5 nitrogen and oxygen atoms in total. The molecule has 3 aromatic carbocycles. The fourth-order valence-corrected chi connectivity index (χ4v) is 5.06. The molecule has 1 amide bonds. The summed E-state index contributed by atoms with van der Waals surface area (Å²) in [4.78, 5) is 28.3. The van der Waals surface area contributed by atoms with Crippen LogP contribution in [0.3, 0.4) is 0 Å². The van der Waals surface area contributed by atoms with Crippen molar-refractivity contribution in [2.45, 2.75) is 58.2 Å². The van der Waals surface area contributed by atoms with E-state index in [9.17, 15) is 14.7 Å². The number of ether oxygens (including phenoxy) is 1. The molecular formula is C31H31NO4. The minimum atomic E-state index is -0.692. The second-order valence-electron chi connectivity index (χ2n) is 10.7. The van der Waals surface area contributed by atoms with Crippen LogP contribution in [-0.4, -0.2) is 27.8 Å². The highest BCUT2D eigenvalue weighted by molar-refractivity contribution is 6.46. The summed E-state index contributed by atoms with van der Waals surface area (Å²) in [6.45, 7) is 8.69. The maximum absolute atomic E-state index is 13.4. The second kappa shape index (κ2) is 8.98. The third-order valence-electron chi connectivity index (χ3n) is 7.00. The lowest BCUT2D eigenvalue weighted by atomic mass is 9.85. The van der Waals surface area contributed by atoms with E-state index in [1.54, 1.807) is 11.0 Å². The van der Waals surface area contributed by atoms with Crippen molar-refractivity contribution < 1.29 is 19.4 Å². The summed E-state index contributed by atoms with van der Waals surface area (Å²) < 4.78 is 5.79. The quantitative estimate of drug-likeness (QED) is 0.285. The van der Waals surface area contributed by atoms with Gasteiger partial charge in [0.15, 0.2) is 0 Å². The van der Waals surface area contributed by atoms with Crippen LogP contribution in [0.15, 0.2) is 78.4 Å². The van der Waals surface area contributed by atoms with E-state index in [0.717, 1.165) is 34.4 Å². The predicted molar refractivity (Wildman–Crippen MR) is 140 cm³/mol. The molecule has 0 unspecified atom stereocenters. The number of Topliss-reactive ketones (excluding diaryl/α,β-unsaturated/α-hetero) is 1. The Balaban J connectivity index is 1.62. The number of nitrogens with zero attached hydrogens (tertiary/aromatic N) is 1. The summed E-state index contributed by atoms with van der Waals surface area (Å²) in [5.74, 6) is -0.643. The van der Waals surface area contributed by atoms with Gasteiger partial charge in [-0.2, -0.15) is 0 Å². The third kappa shape index (κ3) is 4.30. The van der Waals surface area contributed by atoms with E-state index in [1.807, 2.05) is 73.7 Å². The summed E-state index contributed by atoms with van der Waals surface area (Å²) in [5.41, 5.74) is 4.44. The number of carbonyl (C=O) groups is 2. The van der Waals surface area contributed by atoms with E-state index in [0.29, 0.717) is 5.56 Å². The Bertz CT molecular complexity index is 1350. The number of amides is 1. The van der Waals surface area contributed by atoms with Crippen LogP contribution in [0, 0.1) is 0 Å². The fourth-order valence-electron chi connectivity index (χ4n) is 5.06. The van der Waals surface area contributed by atoms with Gasteiger partial charge in [-0.3, -0.25) is 9.59 Å². The highest BCUT2D eigenvalue weighted by Crippen LogP contribution is 2.41. The molecule has 0 radical (unpaired) electrons. The van der Waals surface area contributed by atoms with E-state index in [2.05, 4.69) is 20.8 Å². The van der Waals surface area contributed by atoms with Crippen molar-refractivity contribution in [3.05, 3.63) is 106 Å². The number of carbonyl (C=O) groups excluding carboxylic acids is 2. The summed E-state index contributed by atoms with van der Waals surface area (Å²) in [5, 5.41) is 11.4. The van der Waals surface area contributed by atoms with Crippen LogP contribution < -0.4 is 4.74 Å². The molecule has 2 aliphatic rings. The smallest absolute Gasteiger partial charge is 0.295 e. The van der Waals surface area contributed by atoms with Gasteiger partial charge in [0.2, 0.25) is 0 Å². The summed E-state index contributed by atoms with van der Waals surface area (Å²) in [6, 6.07) is 22.3. The molecule has 1 saturated heterocycles. The van der Waals surface area contributed by atoms with Crippen molar-refractivity contribution in [2.75, 3.05) is 0 Å². The molecule has 184 valence electrons. The Hall–Kier alpha value is -3.86. The Morgan fingerprint density at radius 3 is 2.36 bits per heavy atom. The highest BCUT2D eigenvalue weighted by atomic mass is 16.5. The number of likely N-dealkylation sites (tertiary alicyclic amines) is 1. The van der Waals surface area contributed by atoms with Gasteiger partial charge in [-0.1, -0.05) is 75.4 Å². The fraction of sp³-hybridized carbons (Fsp3) is 0.290. The molecule has 5 rings (SSSR count). The monoisotopic (exact) mass is 481 g/mol. The van der Waals surface area contributed by atoms with Gasteiger partial charge < -0.3 is 14.7 Å². The molecule has 1 fully saturated rings. The third-order valence-corrected chi connectivity index (χ3v) is 7.00. The second-order valence-corrected chi connectivity index (χ2v) is 10.7. The summed E-state index contributed by atoms with van der Waals surface area (Å²) in [6.07, 6.45) is 0.798. The Morgan fingerprint density at radius 2 is 1.69 bits per heavy atom. The SMILES string of the molecule is C[C@@H]1Cc2cc(C(O)=C3C(=O)C(=O)N(Cc4ccccc4)[C@@H]3c3ccc(C(C)(C)C)cc3)ccc2O1. The molecule has 0 aromatic heterocycles. The average Bonchev–Trinajstić information content (AvgIpc) is 3.35. The molecule has 2 heterocycles. The van der Waals surface area contributed by atoms with Crippen LogP contribution in [0.5, 0.6) is 5.75 Å². The highest BCUT2D eigenvalue weighted by Gasteiger charge is 2.46. The number of rotatable bonds is 4. The summed E-state index contributed by atoms with van der Waals surface area (Å²) >= 11 is 0. The zero-order valence-corrected chi connectivity index (χ0v) is 21.1. The lowest BCUT2D eigenvalue weighted by molar-refractivity contribution is -0.140. The van der Waals surface area contributed by atoms with E-state index >= 15 is 0 Å². The van der Waals surface area contributed by atoms with Crippen molar-refractivity contribution in [3.63, 3.8) is 0 Å². The molecular weight excluding hydrogens is 450 g/mol. The molecule has 2 aliphatic heterocycles. The molecule has 36 heavy (non-hydrogen) atoms. The number of ketones is 1. The van der Waals surface area contributed by atoms with Crippen LogP contribution in [0.4, 0.5) is 0 Å². The van der Waals surface area contributed by atoms with Crippen molar-refractivity contribution in [2.24, 2.45) is 0 Å². The number of benzene rings is 3. The maximum atomic E-state index is 13.4. The zero-order valence-electron chi connectivity index (χ0n) is 21.1. The normalized spacial score (nSPS) is 20.9. The van der Waals surface area contributed by atoms with Gasteiger partial charge in [0, 0.05) is 18.5 Å². The van der Waals surface area contributed by atoms with Crippen LogP contribution in [0.25, 0.3) is 5.76 Å². The molecule has 0 aliphatic carbocycles. The first-order chi connectivity index (χ1) is 17.1. The van der Waals surface area contributed by atoms with Crippen molar-refractivity contribution in [1.29, 1.82) is 0 Å². The minimum absolute atomic E-state index is 0.0337.